The number of nitrogens with two attached hydrogens (primary N) is 1. The highest BCUT2D eigenvalue weighted by atomic mass is 32.2. The number of likely N-dealkylation sites (tertiary alicyclic amines) is 1. The third-order valence-electron chi connectivity index (χ3n) is 9.66. The summed E-state index contributed by atoms with van der Waals surface area (Å²) in [5.41, 5.74) is 2.23. The minimum absolute atomic E-state index is 0.00170. The van der Waals surface area contributed by atoms with Crippen LogP contribution >= 0.6 is 23.1 Å². The van der Waals surface area contributed by atoms with Crippen molar-refractivity contribution in [1.82, 2.24) is 24.8 Å². The maximum Gasteiger partial charge on any atom is 0.350 e. The first kappa shape index (κ1) is 37.4. The van der Waals surface area contributed by atoms with E-state index in [-0.39, 0.29) is 47.1 Å². The summed E-state index contributed by atoms with van der Waals surface area (Å²) in [6.45, 7) is 5.84. The zero-order chi connectivity index (χ0) is 38.6. The number of nitrogens with zero attached hydrogens (tertiary/aromatic N) is 5. The molecule has 19 nitrogen and oxygen atoms in total. The van der Waals surface area contributed by atoms with Crippen molar-refractivity contribution < 1.29 is 48.9 Å². The number of nitrogens with one attached hydrogen (secondary N) is 2. The molecule has 6 rings (SSSR count). The number of carbonyl (C=O) groups is 4. The van der Waals surface area contributed by atoms with Gasteiger partial charge in [-0.05, 0) is 26.8 Å². The average Bonchev–Trinajstić information content (AvgIpc) is 3.74. The summed E-state index contributed by atoms with van der Waals surface area (Å²) in [7, 11) is 0. The maximum atomic E-state index is 13.6. The Balaban J connectivity index is 1.24. The molecule has 0 spiro atoms. The van der Waals surface area contributed by atoms with Crippen LogP contribution in [-0.4, -0.2) is 117 Å². The number of carboxylic acids is 2. The van der Waals surface area contributed by atoms with Gasteiger partial charge in [0.2, 0.25) is 5.60 Å². The predicted molar refractivity (Wildman–Crippen MR) is 189 cm³/mol. The Kier molecular flexibility index (Phi) is 9.77. The van der Waals surface area contributed by atoms with Crippen molar-refractivity contribution in [2.24, 2.45) is 5.16 Å². The zero-order valence-electron chi connectivity index (χ0n) is 28.7. The van der Waals surface area contributed by atoms with E-state index in [1.807, 2.05) is 0 Å². The number of fused-ring (bicyclic) bond motifs is 2. The number of hydrogen-bond acceptors (Lipinski definition) is 15. The molecule has 2 fully saturated rings. The highest BCUT2D eigenvalue weighted by molar-refractivity contribution is 8.00. The van der Waals surface area contributed by atoms with Gasteiger partial charge in [-0.3, -0.25) is 23.9 Å². The molecule has 282 valence electrons. The monoisotopic (exact) mass is 772 g/mol. The molecule has 2 amide bonds. The van der Waals surface area contributed by atoms with Crippen molar-refractivity contribution in [2.75, 3.05) is 31.9 Å². The summed E-state index contributed by atoms with van der Waals surface area (Å²) in [6.07, 6.45) is 1.60. The van der Waals surface area contributed by atoms with Crippen LogP contribution in [0.1, 0.15) is 39.3 Å². The van der Waals surface area contributed by atoms with Crippen LogP contribution < -0.4 is 27.4 Å². The van der Waals surface area contributed by atoms with Crippen molar-refractivity contribution >= 4 is 68.6 Å². The number of aliphatic carboxylic acids is 2. The fourth-order valence-corrected chi connectivity index (χ4v) is 8.66. The van der Waals surface area contributed by atoms with Crippen LogP contribution in [0, 0.1) is 0 Å². The van der Waals surface area contributed by atoms with Crippen LogP contribution in [-0.2, 0) is 30.6 Å². The number of rotatable bonds is 12. The summed E-state index contributed by atoms with van der Waals surface area (Å²) in [6, 6.07) is 0.969. The summed E-state index contributed by atoms with van der Waals surface area (Å²) < 4.78 is 1.32. The van der Waals surface area contributed by atoms with Crippen LogP contribution in [0.5, 0.6) is 11.5 Å². The molecule has 2 saturated heterocycles. The van der Waals surface area contributed by atoms with E-state index < -0.39 is 74.5 Å². The number of H-pyrrole nitrogens is 1. The summed E-state index contributed by atoms with van der Waals surface area (Å²) in [5, 5.41) is 48.4. The number of phenolic OH excluding ortho intramolecular Hbond substituents is 2. The lowest BCUT2D eigenvalue weighted by atomic mass is 9.99. The Morgan fingerprint density at radius 2 is 1.87 bits per heavy atom. The topological polar surface area (TPSA) is 283 Å². The number of aromatic nitrogens is 3. The Morgan fingerprint density at radius 3 is 2.49 bits per heavy atom. The molecule has 0 aliphatic carbocycles. The zero-order valence-corrected chi connectivity index (χ0v) is 30.3. The van der Waals surface area contributed by atoms with Gasteiger partial charge in [-0.15, -0.1) is 23.1 Å². The molecule has 0 bridgehead atoms. The quantitative estimate of drug-likeness (QED) is 0.0416. The van der Waals surface area contributed by atoms with Crippen LogP contribution in [0.2, 0.25) is 0 Å². The Hall–Kier alpha value is -5.41. The number of thioether (sulfide) groups is 1. The molecular weight excluding hydrogens is 737 g/mol. The van der Waals surface area contributed by atoms with E-state index in [4.69, 9.17) is 10.6 Å². The lowest BCUT2D eigenvalue weighted by Crippen LogP contribution is -2.72. The van der Waals surface area contributed by atoms with Gasteiger partial charge in [-0.2, -0.15) is 0 Å². The molecule has 53 heavy (non-hydrogen) atoms. The fourth-order valence-electron chi connectivity index (χ4n) is 6.68. The molecule has 0 saturated carbocycles. The SMILES string of the molecule is C[C@@H]1S[C@@H]2[C@H](NC(=O)C(=NOC(C)(C)C(=O)O)c3csc(N)n3)C(=O)N2C(C(=O)[O-])=C1C[N+]1(CCn2c(=O)[nH]c3cc(O)c(O)cc3c2=O)CCCC1. The van der Waals surface area contributed by atoms with Gasteiger partial charge in [0.25, 0.3) is 17.4 Å². The number of benzene rings is 1. The number of anilines is 1. The Labute approximate surface area is 307 Å². The molecule has 3 aliphatic rings. The van der Waals surface area contributed by atoms with E-state index in [9.17, 15) is 49.2 Å². The molecule has 3 aliphatic heterocycles. The lowest BCUT2D eigenvalue weighted by Gasteiger charge is -2.53. The summed E-state index contributed by atoms with van der Waals surface area (Å²) in [5.74, 6) is -5.60. The standard InChI is InChI=1S/C32H36N8O11S2/c1-14-16(12-40(7-4-5-8-40)9-6-38-25(44)15-10-19(41)20(42)11-17(15)35-31(38)50)23(28(46)47)39-26(45)22(27(39)53-14)36-24(43)21(18-13-52-30(33)34-18)37-51-32(2,3)29(48)49/h10-11,13-14,22,27H,4-9,12H2,1-3H3,(H7-,33,34,35,36,37,41,42,43,44,46,47,48,49,50)/t14-,22+,27+/m0/s1. The number of hydrogen-bond donors (Lipinski definition) is 6. The first-order valence-corrected chi connectivity index (χ1v) is 18.2. The number of amides is 2. The van der Waals surface area contributed by atoms with Gasteiger partial charge in [-0.1, -0.05) is 5.16 Å². The molecule has 7 N–H and O–H groups in total. The van der Waals surface area contributed by atoms with Crippen molar-refractivity contribution in [3.8, 4) is 11.5 Å². The molecule has 0 unspecified atom stereocenters. The fraction of sp³-hybridized carbons (Fsp3) is 0.438. The van der Waals surface area contributed by atoms with E-state index >= 15 is 0 Å². The second-order valence-electron chi connectivity index (χ2n) is 13.6. The lowest BCUT2D eigenvalue weighted by molar-refractivity contribution is -0.913. The van der Waals surface area contributed by atoms with Crippen LogP contribution in [0.4, 0.5) is 5.13 Å². The Morgan fingerprint density at radius 1 is 1.19 bits per heavy atom. The third-order valence-corrected chi connectivity index (χ3v) is 11.8. The molecule has 21 heteroatoms. The normalized spacial score (nSPS) is 21.3. The van der Waals surface area contributed by atoms with Crippen LogP contribution in [0.25, 0.3) is 10.9 Å². The molecule has 5 heterocycles. The van der Waals surface area contributed by atoms with Crippen molar-refractivity contribution in [1.29, 1.82) is 0 Å². The van der Waals surface area contributed by atoms with Gasteiger partial charge in [0, 0.05) is 35.1 Å². The number of quaternary nitrogens is 1. The maximum absolute atomic E-state index is 13.6. The van der Waals surface area contributed by atoms with Gasteiger partial charge in [-0.25, -0.2) is 14.6 Å². The summed E-state index contributed by atoms with van der Waals surface area (Å²) >= 11 is 2.24. The average molecular weight is 773 g/mol. The van der Waals surface area contributed by atoms with Gasteiger partial charge in [0.15, 0.2) is 22.3 Å². The molecule has 1 aromatic carbocycles. The van der Waals surface area contributed by atoms with Crippen LogP contribution in [0.15, 0.2) is 43.5 Å². The minimum Gasteiger partial charge on any atom is -0.543 e. The van der Waals surface area contributed by atoms with Gasteiger partial charge in [0.1, 0.15) is 23.7 Å². The van der Waals surface area contributed by atoms with E-state index in [0.29, 0.717) is 23.1 Å². The number of carboxylic acid groups (broad SMARTS) is 2. The van der Waals surface area contributed by atoms with Crippen molar-refractivity contribution in [3.05, 3.63) is 55.3 Å². The predicted octanol–water partition coefficient (Wildman–Crippen LogP) is -1.17. The van der Waals surface area contributed by atoms with Gasteiger partial charge in [0.05, 0.1) is 48.7 Å². The first-order valence-electron chi connectivity index (χ1n) is 16.4. The number of phenols is 2. The minimum atomic E-state index is -1.82. The smallest absolute Gasteiger partial charge is 0.350 e. The molecular formula is C32H36N8O11S2. The molecule has 3 aromatic rings. The van der Waals surface area contributed by atoms with Gasteiger partial charge < -0.3 is 50.6 Å². The number of thiazole rings is 1. The highest BCUT2D eigenvalue weighted by Gasteiger charge is 2.55. The number of β-lactam (4-membered cyclic amide) rings is 1. The van der Waals surface area contributed by atoms with E-state index in [2.05, 4.69) is 20.4 Å². The van der Waals surface area contributed by atoms with E-state index in [1.54, 1.807) is 6.92 Å². The largest absolute Gasteiger partial charge is 0.543 e. The number of oxime groups is 1. The third kappa shape index (κ3) is 6.93. The first-order chi connectivity index (χ1) is 24.9. The number of aromatic amines is 1. The number of nitrogen functional groups attached to an aromatic ring is 1. The number of carbonyl (C=O) groups excluding carboxylic acids is 3. The number of aromatic hydroxyl groups is 2. The van der Waals surface area contributed by atoms with E-state index in [0.717, 1.165) is 45.8 Å². The second-order valence-corrected chi connectivity index (χ2v) is 15.9. The highest BCUT2D eigenvalue weighted by Crippen LogP contribution is 2.45. The van der Waals surface area contributed by atoms with Gasteiger partial charge >= 0.3 is 11.7 Å². The van der Waals surface area contributed by atoms with E-state index in [1.165, 1.54) is 31.0 Å². The molecule has 0 radical (unpaired) electrons. The molecule has 2 aromatic heterocycles. The van der Waals surface area contributed by atoms with Crippen molar-refractivity contribution in [2.45, 2.75) is 62.4 Å². The van der Waals surface area contributed by atoms with Crippen molar-refractivity contribution in [3.63, 3.8) is 0 Å². The Bertz CT molecular complexity index is 2220. The summed E-state index contributed by atoms with van der Waals surface area (Å²) in [4.78, 5) is 90.4. The second kappa shape index (κ2) is 13.9. The van der Waals surface area contributed by atoms with Crippen LogP contribution in [0.3, 0.4) is 0 Å². The molecule has 3 atom stereocenters.